The number of aromatic nitrogens is 1. The van der Waals surface area contributed by atoms with Gasteiger partial charge in [0.1, 0.15) is 5.60 Å². The van der Waals surface area contributed by atoms with Crippen LogP contribution in [0.4, 0.5) is 0 Å². The maximum Gasteiger partial charge on any atom is 0.116 e. The van der Waals surface area contributed by atoms with Crippen LogP contribution >= 0.6 is 0 Å². The van der Waals surface area contributed by atoms with Gasteiger partial charge in [-0.2, -0.15) is 0 Å². The Kier molecular flexibility index (Phi) is 4.83. The number of hydrogen-bond acceptors (Lipinski definition) is 4. The molecule has 1 aromatic heterocycles. The number of nitrogens with zero attached hydrogens (tertiary/aromatic N) is 2. The lowest BCUT2D eigenvalue weighted by atomic mass is 9.84. The first-order chi connectivity index (χ1) is 10.8. The van der Waals surface area contributed by atoms with Gasteiger partial charge in [-0.1, -0.05) is 30.3 Å². The predicted molar refractivity (Wildman–Crippen MR) is 85.6 cm³/mol. The Morgan fingerprint density at radius 3 is 2.32 bits per heavy atom. The van der Waals surface area contributed by atoms with Crippen LogP contribution in [0.25, 0.3) is 0 Å². The van der Waals surface area contributed by atoms with E-state index in [1.165, 1.54) is 0 Å². The van der Waals surface area contributed by atoms with Crippen molar-refractivity contribution >= 4 is 0 Å². The molecule has 1 fully saturated rings. The van der Waals surface area contributed by atoms with E-state index in [4.69, 9.17) is 4.74 Å². The number of hydrogen-bond donors (Lipinski definition) is 1. The summed E-state index contributed by atoms with van der Waals surface area (Å²) in [5, 5.41) is 11.4. The van der Waals surface area contributed by atoms with E-state index in [1.807, 2.05) is 42.5 Å². The van der Waals surface area contributed by atoms with Crippen molar-refractivity contribution in [3.05, 3.63) is 66.0 Å². The summed E-state index contributed by atoms with van der Waals surface area (Å²) < 4.78 is 5.39. The zero-order valence-corrected chi connectivity index (χ0v) is 12.7. The molecule has 1 aromatic carbocycles. The van der Waals surface area contributed by atoms with Gasteiger partial charge in [0.05, 0.1) is 13.2 Å². The Bertz CT molecular complexity index is 529. The maximum absolute atomic E-state index is 11.4. The van der Waals surface area contributed by atoms with E-state index < -0.39 is 5.60 Å². The van der Waals surface area contributed by atoms with Gasteiger partial charge in [0, 0.05) is 32.0 Å². The van der Waals surface area contributed by atoms with Crippen molar-refractivity contribution in [2.75, 3.05) is 32.8 Å². The smallest absolute Gasteiger partial charge is 0.116 e. The zero-order chi connectivity index (χ0) is 15.3. The van der Waals surface area contributed by atoms with Crippen LogP contribution < -0.4 is 0 Å². The van der Waals surface area contributed by atoms with E-state index in [0.29, 0.717) is 6.42 Å². The summed E-state index contributed by atoms with van der Waals surface area (Å²) in [6.07, 6.45) is 4.12. The average Bonchev–Trinajstić information content (AvgIpc) is 2.62. The Morgan fingerprint density at radius 2 is 1.64 bits per heavy atom. The summed E-state index contributed by atoms with van der Waals surface area (Å²) >= 11 is 0. The third kappa shape index (κ3) is 3.35. The number of aliphatic hydroxyl groups is 1. The molecule has 1 aliphatic rings. The first-order valence-electron chi connectivity index (χ1n) is 7.77. The van der Waals surface area contributed by atoms with Crippen LogP contribution in [0.5, 0.6) is 0 Å². The monoisotopic (exact) mass is 298 g/mol. The zero-order valence-electron chi connectivity index (χ0n) is 12.7. The minimum Gasteiger partial charge on any atom is -0.380 e. The molecule has 4 heteroatoms. The lowest BCUT2D eigenvalue weighted by Gasteiger charge is -2.33. The molecule has 116 valence electrons. The van der Waals surface area contributed by atoms with Gasteiger partial charge < -0.3 is 9.84 Å². The van der Waals surface area contributed by atoms with E-state index in [0.717, 1.165) is 44.0 Å². The molecular formula is C18H22N2O2. The van der Waals surface area contributed by atoms with E-state index in [2.05, 4.69) is 9.88 Å². The number of benzene rings is 1. The van der Waals surface area contributed by atoms with Gasteiger partial charge in [-0.25, -0.2) is 0 Å². The molecule has 22 heavy (non-hydrogen) atoms. The molecule has 1 N–H and O–H groups in total. The van der Waals surface area contributed by atoms with Crippen LogP contribution in [0.15, 0.2) is 54.9 Å². The first-order valence-corrected chi connectivity index (χ1v) is 7.77. The second-order valence-corrected chi connectivity index (χ2v) is 5.67. The van der Waals surface area contributed by atoms with Gasteiger partial charge in [0.2, 0.25) is 0 Å². The first kappa shape index (κ1) is 15.2. The van der Waals surface area contributed by atoms with Crippen LogP contribution in [0.2, 0.25) is 0 Å². The Labute approximate surface area is 131 Å². The van der Waals surface area contributed by atoms with Gasteiger partial charge in [0.15, 0.2) is 0 Å². The summed E-state index contributed by atoms with van der Waals surface area (Å²) in [5.41, 5.74) is 0.833. The summed E-state index contributed by atoms with van der Waals surface area (Å²) in [4.78, 5) is 6.41. The molecule has 0 spiro atoms. The molecule has 0 amide bonds. The molecule has 4 nitrogen and oxygen atoms in total. The van der Waals surface area contributed by atoms with Gasteiger partial charge in [0.25, 0.3) is 0 Å². The fourth-order valence-electron chi connectivity index (χ4n) is 2.94. The van der Waals surface area contributed by atoms with E-state index in [1.54, 1.807) is 12.4 Å². The largest absolute Gasteiger partial charge is 0.380 e. The number of ether oxygens (including phenoxy) is 1. The third-order valence-electron chi connectivity index (χ3n) is 4.30. The highest BCUT2D eigenvalue weighted by Gasteiger charge is 2.31. The molecule has 1 unspecified atom stereocenters. The van der Waals surface area contributed by atoms with Crippen molar-refractivity contribution in [1.29, 1.82) is 0 Å². The molecule has 0 saturated carbocycles. The van der Waals surface area contributed by atoms with Gasteiger partial charge in [-0.15, -0.1) is 0 Å². The van der Waals surface area contributed by atoms with Crippen LogP contribution in [-0.4, -0.2) is 47.8 Å². The number of rotatable bonds is 5. The molecule has 2 aromatic rings. The SMILES string of the molecule is OC(CCN1CCOCC1)(c1ccccc1)c1ccncc1. The minimum atomic E-state index is -0.984. The van der Waals surface area contributed by atoms with E-state index in [-0.39, 0.29) is 0 Å². The Morgan fingerprint density at radius 1 is 1.00 bits per heavy atom. The molecule has 0 bridgehead atoms. The van der Waals surface area contributed by atoms with Crippen molar-refractivity contribution in [2.45, 2.75) is 12.0 Å². The Balaban J connectivity index is 1.83. The summed E-state index contributed by atoms with van der Waals surface area (Å²) in [6, 6.07) is 13.7. The van der Waals surface area contributed by atoms with Crippen LogP contribution in [0, 0.1) is 0 Å². The lowest BCUT2D eigenvalue weighted by molar-refractivity contribution is 0.0143. The third-order valence-corrected chi connectivity index (χ3v) is 4.30. The highest BCUT2D eigenvalue weighted by molar-refractivity contribution is 5.34. The summed E-state index contributed by atoms with van der Waals surface area (Å²) in [5.74, 6) is 0. The van der Waals surface area contributed by atoms with Crippen LogP contribution in [0.3, 0.4) is 0 Å². The van der Waals surface area contributed by atoms with Crippen molar-refractivity contribution in [2.24, 2.45) is 0 Å². The average molecular weight is 298 g/mol. The van der Waals surface area contributed by atoms with Crippen molar-refractivity contribution < 1.29 is 9.84 Å². The summed E-state index contributed by atoms with van der Waals surface area (Å²) in [7, 11) is 0. The van der Waals surface area contributed by atoms with Crippen LogP contribution in [0.1, 0.15) is 17.5 Å². The molecule has 3 rings (SSSR count). The molecule has 1 atom stereocenters. The number of pyridine rings is 1. The fraction of sp³-hybridized carbons (Fsp3) is 0.389. The second kappa shape index (κ2) is 7.01. The van der Waals surface area contributed by atoms with E-state index >= 15 is 0 Å². The topological polar surface area (TPSA) is 45.6 Å². The quantitative estimate of drug-likeness (QED) is 0.917. The highest BCUT2D eigenvalue weighted by atomic mass is 16.5. The van der Waals surface area contributed by atoms with Crippen molar-refractivity contribution in [3.63, 3.8) is 0 Å². The van der Waals surface area contributed by atoms with E-state index in [9.17, 15) is 5.11 Å². The van der Waals surface area contributed by atoms with Gasteiger partial charge in [-0.3, -0.25) is 9.88 Å². The standard InChI is InChI=1S/C18H22N2O2/c21-18(16-4-2-1-3-5-16,17-6-9-19-10-7-17)8-11-20-12-14-22-15-13-20/h1-7,9-10,21H,8,11-15H2. The molecule has 2 heterocycles. The van der Waals surface area contributed by atoms with Crippen LogP contribution in [-0.2, 0) is 10.3 Å². The summed E-state index contributed by atoms with van der Waals surface area (Å²) in [6.45, 7) is 4.26. The van der Waals surface area contributed by atoms with Gasteiger partial charge in [-0.05, 0) is 29.7 Å². The molecular weight excluding hydrogens is 276 g/mol. The second-order valence-electron chi connectivity index (χ2n) is 5.67. The molecule has 1 aliphatic heterocycles. The normalized spacial score (nSPS) is 18.8. The lowest BCUT2D eigenvalue weighted by Crippen LogP contribution is -2.40. The predicted octanol–water partition coefficient (Wildman–Crippen LogP) is 2.04. The molecule has 0 radical (unpaired) electrons. The highest BCUT2D eigenvalue weighted by Crippen LogP contribution is 2.32. The Hall–Kier alpha value is -1.75. The van der Waals surface area contributed by atoms with Gasteiger partial charge >= 0.3 is 0 Å². The van der Waals surface area contributed by atoms with Crippen molar-refractivity contribution in [1.82, 2.24) is 9.88 Å². The molecule has 0 aliphatic carbocycles. The maximum atomic E-state index is 11.4. The minimum absolute atomic E-state index is 0.654. The fourth-order valence-corrected chi connectivity index (χ4v) is 2.94. The molecule has 1 saturated heterocycles. The number of morpholine rings is 1. The van der Waals surface area contributed by atoms with Crippen molar-refractivity contribution in [3.8, 4) is 0 Å².